The van der Waals surface area contributed by atoms with E-state index in [9.17, 15) is 44.4 Å². The smallest absolute Gasteiger partial charge is 1.00 e. The molecule has 11 unspecified atom stereocenters. The first-order valence-corrected chi connectivity index (χ1v) is 46.1. The van der Waals surface area contributed by atoms with Crippen LogP contribution in [0.1, 0.15) is 242 Å². The first-order chi connectivity index (χ1) is 62.2. The Morgan fingerprint density at radius 3 is 1.55 bits per heavy atom. The van der Waals surface area contributed by atoms with Gasteiger partial charge >= 0.3 is 41.5 Å². The molecule has 132 heavy (non-hydrogen) atoms. The number of carboxylic acid groups (broad SMARTS) is 1. The predicted molar refractivity (Wildman–Crippen MR) is 485 cm³/mol. The van der Waals surface area contributed by atoms with Gasteiger partial charge in [-0.2, -0.15) is 31.6 Å². The fourth-order valence-corrected chi connectivity index (χ4v) is 17.7. The maximum Gasteiger partial charge on any atom is 1.00 e. The number of halogens is 2. The molecule has 40 heteroatoms. The average Bonchev–Trinajstić information content (AvgIpc) is 1.70. The van der Waals surface area contributed by atoms with E-state index in [0.29, 0.717) is 195 Å². The van der Waals surface area contributed by atoms with E-state index < -0.39 is 41.7 Å². The van der Waals surface area contributed by atoms with Gasteiger partial charge in [-0.1, -0.05) is 17.7 Å². The second-order valence-corrected chi connectivity index (χ2v) is 34.2. The van der Waals surface area contributed by atoms with Gasteiger partial charge in [0.25, 0.3) is 5.97 Å². The van der Waals surface area contributed by atoms with Crippen molar-refractivity contribution in [1.29, 1.82) is 31.6 Å². The number of likely N-dealkylation sites (tertiary alicyclic amines) is 1. The van der Waals surface area contributed by atoms with Gasteiger partial charge in [0, 0.05) is 215 Å². The van der Waals surface area contributed by atoms with Crippen LogP contribution in [0.4, 0.5) is 5.69 Å². The molecule has 13 aliphatic rings. The molecule has 0 aromatic carbocycles. The van der Waals surface area contributed by atoms with Crippen molar-refractivity contribution in [2.75, 3.05) is 103 Å². The molecular weight excluding hydrogens is 1760 g/mol. The number of hydrogen-bond donors (Lipinski definition) is 11. The Labute approximate surface area is 809 Å². The fraction of sp³-hybridized carbons (Fsp3) is 0.696. The third-order valence-electron chi connectivity index (χ3n) is 24.3. The molecule has 12 fully saturated rings. The minimum atomic E-state index is -0.833. The number of carbonyl (C=O) groups is 6. The number of hydrogen-bond acceptors (Lipinski definition) is 33. The number of carboxylic acids is 1. The molecule has 6 aliphatic heterocycles. The number of ether oxygens (including phenoxy) is 10. The third-order valence-corrected chi connectivity index (χ3v) is 24.9. The number of aliphatic carboxylic acids is 1. The number of ketones is 3. The summed E-state index contributed by atoms with van der Waals surface area (Å²) in [7, 11) is 0. The molecule has 36 nitrogen and oxygen atoms in total. The van der Waals surface area contributed by atoms with Gasteiger partial charge < -0.3 is 112 Å². The molecule has 17 rings (SSSR count). The van der Waals surface area contributed by atoms with Gasteiger partial charge in [0.2, 0.25) is 0 Å². The van der Waals surface area contributed by atoms with E-state index in [1.54, 1.807) is 38.4 Å². The van der Waals surface area contributed by atoms with E-state index in [2.05, 4.69) is 59.8 Å². The maximum absolute atomic E-state index is 12.3. The van der Waals surface area contributed by atoms with Gasteiger partial charge in [0.05, 0.1) is 143 Å². The van der Waals surface area contributed by atoms with Gasteiger partial charge in [0.15, 0.2) is 23.1 Å². The number of fused-ring (bicyclic) bond motifs is 2. The Morgan fingerprint density at radius 2 is 1.03 bits per heavy atom. The minimum absolute atomic E-state index is 0. The summed E-state index contributed by atoms with van der Waals surface area (Å²) in [6, 6.07) is 16.0. The Morgan fingerprint density at radius 1 is 0.576 bits per heavy atom. The number of pyridine rings is 2. The number of Topliss-reactive ketones (excluding diaryl/α,β-unsaturated/α-hetero) is 3. The van der Waals surface area contributed by atoms with Crippen LogP contribution in [-0.4, -0.2) is 252 Å². The molecule has 11 atom stereocenters. The fourth-order valence-electron chi connectivity index (χ4n) is 17.5. The number of aliphatic hydroxyl groups is 4. The molecule has 14 N–H and O–H groups in total. The number of aromatic nitrogens is 4. The second-order valence-electron chi connectivity index (χ2n) is 33.5. The number of H-pyrrole nitrogens is 2. The van der Waals surface area contributed by atoms with Gasteiger partial charge in [-0.25, -0.2) is 19.6 Å². The van der Waals surface area contributed by atoms with Gasteiger partial charge in [-0.3, -0.25) is 19.2 Å². The Bertz CT molecular complexity index is 4440. The zero-order valence-electron chi connectivity index (χ0n) is 77.8. The van der Waals surface area contributed by atoms with Crippen LogP contribution in [-0.2, 0) is 66.5 Å². The van der Waals surface area contributed by atoms with E-state index in [1.165, 1.54) is 70.0 Å². The largest absolute Gasteiger partial charge is 1.00 e. The number of aromatic amines is 2. The standard InChI is InChI=1S/C18H22N4O3.C12H19NO2.C10H9ClN2O2.C10H15NO3.C10H13NO3.C8H14N2O.C8H11NO2.C8H12O3.C4H9N.C2H2ClN.C2H4O2.B.H3N.Na.H/c1-2-25-18(24)14-10-21-17-13(6-8-20-17)16(14)22-12-3-4-15(23)11(9-12)5-7-19;1-2-8-13(7-1)11-3-5-12(6-4-11)14-9-10-15-12;1-2-15-10(14)7-5-13-9-6(8(7)11)3-4-12-9;2*11-4-2-8-7-10(3-1-9(8)12)13-5-6-14-10;2*9-4-3-6-5-7(10)1-2-8(6)11;9-7-1-3-8(4-2-7)10-5-6-11-8;1-2-4-5-3-1;3-1-2-4;1-2(3)4;;;;/h6,8,10-12,15,23H,2-5,9H2,1H3,(H2,20,21,22);3H,1-2,4-10H2;3-5H,2H2,1H3,(H,12,13);8-9,12H,1-3,5-7H2;8H,1-3,5-7H2;6-8,11H,1-3,5,10H2;6,8,11H,1-3,5H2;1-6H2;5H,1-4H2;1H2;1H3,(H,3,4);;1H3;;/q;;;;;;;;;;;;;+1;-1. The number of nitrogens with zero attached hydrogens (tertiary/aromatic N) is 9. The van der Waals surface area contributed by atoms with Crippen molar-refractivity contribution in [3.8, 4) is 36.4 Å². The molecular formula is C92H134BCl2N15NaO21. The summed E-state index contributed by atoms with van der Waals surface area (Å²) in [5.41, 5.74) is 9.97. The molecule has 6 saturated carbocycles. The summed E-state index contributed by atoms with van der Waals surface area (Å²) >= 11 is 10.9. The number of nitrogens with two attached hydrogens (primary N) is 1. The number of rotatable bonds is 12. The number of alkyl halides is 1. The van der Waals surface area contributed by atoms with E-state index in [-0.39, 0.29) is 135 Å². The molecule has 4 aromatic rings. The van der Waals surface area contributed by atoms with Crippen LogP contribution in [0.5, 0.6) is 0 Å². The van der Waals surface area contributed by atoms with Crippen molar-refractivity contribution < 1.29 is 133 Å². The molecule has 0 amide bonds. The van der Waals surface area contributed by atoms with Crippen molar-refractivity contribution in [3.63, 3.8) is 0 Å². The van der Waals surface area contributed by atoms with Gasteiger partial charge in [-0.15, -0.1) is 11.6 Å². The molecule has 4 aromatic heterocycles. The Balaban J connectivity index is 0.000000387. The van der Waals surface area contributed by atoms with Gasteiger partial charge in [0.1, 0.15) is 40.1 Å². The Hall–Kier alpha value is -7.88. The number of nitrogens with one attached hydrogen (secondary N) is 4. The van der Waals surface area contributed by atoms with Crippen LogP contribution in [0.15, 0.2) is 48.7 Å². The number of esters is 2. The molecule has 0 bridgehead atoms. The number of carbonyl (C=O) groups excluding carboxylic acids is 5. The summed E-state index contributed by atoms with van der Waals surface area (Å²) in [4.78, 5) is 82.8. The van der Waals surface area contributed by atoms with E-state index in [4.69, 9.17) is 118 Å². The number of allylic oxidation sites excluding steroid dienone is 1. The van der Waals surface area contributed by atoms with E-state index >= 15 is 0 Å². The first kappa shape index (κ1) is 116. The summed E-state index contributed by atoms with van der Waals surface area (Å²) in [5.74, 6) is -2.77. The van der Waals surface area contributed by atoms with Crippen molar-refractivity contribution in [2.24, 2.45) is 35.3 Å². The number of anilines is 1. The molecule has 3 radical (unpaired) electrons. The molecule has 4 spiro atoms. The van der Waals surface area contributed by atoms with Crippen molar-refractivity contribution >= 4 is 94.6 Å². The van der Waals surface area contributed by atoms with Crippen LogP contribution in [0.2, 0.25) is 5.02 Å². The zero-order chi connectivity index (χ0) is 93.6. The molecule has 10 heterocycles. The predicted octanol–water partition coefficient (Wildman–Crippen LogP) is 8.70. The quantitative estimate of drug-likeness (QED) is 0.0359. The third kappa shape index (κ3) is 38.0. The zero-order valence-corrected chi connectivity index (χ0v) is 80.3. The second kappa shape index (κ2) is 62.0. The topological polar surface area (TPSA) is 584 Å². The average molecular weight is 1890 g/mol. The minimum Gasteiger partial charge on any atom is -1.00 e. The molecule has 721 valence electrons. The van der Waals surface area contributed by atoms with Crippen molar-refractivity contribution in [2.45, 2.75) is 279 Å². The SMILES string of the molecule is C1=C(N2CCCC2)CCC2(C1)OCCO2.C1CCNC1.CC(=O)O.CCOC(=O)c1cnc2[nH]ccc2c1Cl.CCOC(=O)c1cnc2[nH]ccc2c1NC1CCC(O)C(CC#N)C1.N.N#CCC1CC(=O)CCC1O.N#CCC1CC(N)CCC1O.N#CCC1CC2(CCC1=O)OCCO2.N#CCC1CC2(CCC1O)OCCO2.N#CCCl.O=C1CCC2(CC1)OCCO2.[B].[H-].[Na+]. The van der Waals surface area contributed by atoms with Crippen molar-refractivity contribution in [1.82, 2.24) is 36.3 Å². The molecule has 6 saturated heterocycles. The van der Waals surface area contributed by atoms with Crippen LogP contribution < -0.4 is 52.1 Å². The summed E-state index contributed by atoms with van der Waals surface area (Å²) in [5, 5.41) is 105. The summed E-state index contributed by atoms with van der Waals surface area (Å²) in [6.45, 7) is 15.6. The van der Waals surface area contributed by atoms with Crippen LogP contribution >= 0.6 is 23.2 Å². The van der Waals surface area contributed by atoms with Crippen LogP contribution in [0, 0.1) is 97.6 Å². The number of nitriles is 6. The summed E-state index contributed by atoms with van der Waals surface area (Å²) < 4.78 is 54.5. The number of aliphatic hydroxyl groups excluding tert-OH is 4. The summed E-state index contributed by atoms with van der Waals surface area (Å²) in [6.07, 6.45) is 30.0. The van der Waals surface area contributed by atoms with Crippen LogP contribution in [0.25, 0.3) is 22.1 Å². The van der Waals surface area contributed by atoms with Crippen LogP contribution in [0.3, 0.4) is 0 Å². The Kier molecular flexibility index (Phi) is 54.7. The van der Waals surface area contributed by atoms with E-state index in [1.807, 2.05) is 18.2 Å². The molecule has 7 aliphatic carbocycles. The van der Waals surface area contributed by atoms with Crippen molar-refractivity contribution in [3.05, 3.63) is 64.8 Å². The maximum atomic E-state index is 12.3. The monoisotopic (exact) mass is 1890 g/mol. The normalized spacial score (nSPS) is 25.5. The van der Waals surface area contributed by atoms with Gasteiger partial charge in [-0.05, 0) is 134 Å². The first-order valence-electron chi connectivity index (χ1n) is 45.2. The van der Waals surface area contributed by atoms with E-state index in [0.717, 1.165) is 95.1 Å².